The highest BCUT2D eigenvalue weighted by atomic mass is 35.5. The minimum Gasteiger partial charge on any atom is -0.166 e. The number of hydrogen-bond acceptors (Lipinski definition) is 0. The van der Waals surface area contributed by atoms with Crippen LogP contribution < -0.4 is 0 Å². The molecule has 0 aliphatic rings. The molecule has 3 aromatic rings. The fourth-order valence-corrected chi connectivity index (χ4v) is 2.57. The largest absolute Gasteiger partial charge is 0.416 e. The molecule has 0 radical (unpaired) electrons. The Morgan fingerprint density at radius 3 is 2.24 bits per heavy atom. The standard InChI is InChI=1S/C21H12ClF3/c22-19-11-12-20(16-7-4-8-18(13-16)21(23,24)25)17(14-19)10-9-15-5-2-1-3-6-15/h1-8,11-14H. The fraction of sp³-hybridized carbons (Fsp3) is 0.0476. The zero-order chi connectivity index (χ0) is 17.9. The van der Waals surface area contributed by atoms with E-state index in [1.54, 1.807) is 24.3 Å². The molecule has 0 saturated carbocycles. The topological polar surface area (TPSA) is 0 Å². The van der Waals surface area contributed by atoms with E-state index in [0.29, 0.717) is 21.7 Å². The number of rotatable bonds is 1. The van der Waals surface area contributed by atoms with Crippen LogP contribution in [0.2, 0.25) is 5.02 Å². The SMILES string of the molecule is FC(F)(F)c1cccc(-c2ccc(Cl)cc2C#Cc2ccccc2)c1. The van der Waals surface area contributed by atoms with Gasteiger partial charge >= 0.3 is 6.18 Å². The van der Waals surface area contributed by atoms with Crippen LogP contribution in [-0.2, 0) is 6.18 Å². The van der Waals surface area contributed by atoms with Crippen LogP contribution in [0.5, 0.6) is 0 Å². The lowest BCUT2D eigenvalue weighted by Gasteiger charge is -2.10. The van der Waals surface area contributed by atoms with Crippen LogP contribution in [0.15, 0.2) is 72.8 Å². The van der Waals surface area contributed by atoms with Crippen LogP contribution in [0.1, 0.15) is 16.7 Å². The Morgan fingerprint density at radius 1 is 0.760 bits per heavy atom. The van der Waals surface area contributed by atoms with Crippen LogP contribution in [-0.4, -0.2) is 0 Å². The van der Waals surface area contributed by atoms with Crippen molar-refractivity contribution in [1.82, 2.24) is 0 Å². The first kappa shape index (κ1) is 17.1. The molecule has 25 heavy (non-hydrogen) atoms. The second kappa shape index (κ2) is 7.04. The lowest BCUT2D eigenvalue weighted by molar-refractivity contribution is -0.137. The second-order valence-corrected chi connectivity index (χ2v) is 5.82. The summed E-state index contributed by atoms with van der Waals surface area (Å²) in [6, 6.07) is 19.5. The van der Waals surface area contributed by atoms with Crippen LogP contribution >= 0.6 is 11.6 Å². The van der Waals surface area contributed by atoms with Crippen molar-refractivity contribution in [3.05, 3.63) is 94.5 Å². The van der Waals surface area contributed by atoms with E-state index in [-0.39, 0.29) is 0 Å². The molecular weight excluding hydrogens is 345 g/mol. The summed E-state index contributed by atoms with van der Waals surface area (Å²) in [5, 5.41) is 0.480. The predicted octanol–water partition coefficient (Wildman–Crippen LogP) is 6.43. The number of benzene rings is 3. The van der Waals surface area contributed by atoms with Gasteiger partial charge in [0.1, 0.15) is 0 Å². The monoisotopic (exact) mass is 356 g/mol. The smallest absolute Gasteiger partial charge is 0.166 e. The summed E-state index contributed by atoms with van der Waals surface area (Å²) in [4.78, 5) is 0. The summed E-state index contributed by atoms with van der Waals surface area (Å²) in [6.07, 6.45) is -4.39. The van der Waals surface area contributed by atoms with Gasteiger partial charge in [-0.3, -0.25) is 0 Å². The molecule has 0 fully saturated rings. The van der Waals surface area contributed by atoms with Gasteiger partial charge in [-0.1, -0.05) is 59.8 Å². The maximum atomic E-state index is 13.0. The van der Waals surface area contributed by atoms with Crippen molar-refractivity contribution in [3.8, 4) is 23.0 Å². The van der Waals surface area contributed by atoms with Crippen molar-refractivity contribution in [2.75, 3.05) is 0 Å². The van der Waals surface area contributed by atoms with Gasteiger partial charge in [-0.2, -0.15) is 13.2 Å². The van der Waals surface area contributed by atoms with Crippen molar-refractivity contribution in [2.45, 2.75) is 6.18 Å². The third kappa shape index (κ3) is 4.23. The van der Waals surface area contributed by atoms with Crippen molar-refractivity contribution in [2.24, 2.45) is 0 Å². The first-order valence-corrected chi connectivity index (χ1v) is 7.85. The molecule has 124 valence electrons. The highest BCUT2D eigenvalue weighted by Gasteiger charge is 2.30. The van der Waals surface area contributed by atoms with Gasteiger partial charge in [0.15, 0.2) is 0 Å². The zero-order valence-electron chi connectivity index (χ0n) is 12.9. The van der Waals surface area contributed by atoms with E-state index < -0.39 is 11.7 Å². The van der Waals surface area contributed by atoms with Crippen molar-refractivity contribution in [3.63, 3.8) is 0 Å². The molecule has 0 atom stereocenters. The van der Waals surface area contributed by atoms with Crippen LogP contribution in [0.4, 0.5) is 13.2 Å². The highest BCUT2D eigenvalue weighted by Crippen LogP contribution is 2.33. The molecule has 0 heterocycles. The van der Waals surface area contributed by atoms with Crippen molar-refractivity contribution < 1.29 is 13.2 Å². The molecule has 0 spiro atoms. The summed E-state index contributed by atoms with van der Waals surface area (Å²) in [5.74, 6) is 6.02. The third-order valence-electron chi connectivity index (χ3n) is 3.60. The van der Waals surface area contributed by atoms with Crippen LogP contribution in [0.25, 0.3) is 11.1 Å². The van der Waals surface area contributed by atoms with Crippen LogP contribution in [0, 0.1) is 11.8 Å². The Morgan fingerprint density at radius 2 is 1.52 bits per heavy atom. The summed E-state index contributed by atoms with van der Waals surface area (Å²) in [6.45, 7) is 0. The van der Waals surface area contributed by atoms with E-state index in [1.807, 2.05) is 30.3 Å². The van der Waals surface area contributed by atoms with E-state index in [9.17, 15) is 13.2 Å². The van der Waals surface area contributed by atoms with Gasteiger partial charge in [0.05, 0.1) is 5.56 Å². The molecule has 0 bridgehead atoms. The first-order valence-electron chi connectivity index (χ1n) is 7.48. The van der Waals surface area contributed by atoms with Gasteiger partial charge in [-0.25, -0.2) is 0 Å². The summed E-state index contributed by atoms with van der Waals surface area (Å²) < 4.78 is 38.9. The van der Waals surface area contributed by atoms with Gasteiger partial charge in [-0.05, 0) is 47.5 Å². The number of hydrogen-bond donors (Lipinski definition) is 0. The van der Waals surface area contributed by atoms with Crippen molar-refractivity contribution in [1.29, 1.82) is 0 Å². The number of alkyl halides is 3. The van der Waals surface area contributed by atoms with Gasteiger partial charge in [-0.15, -0.1) is 0 Å². The molecule has 0 unspecified atom stereocenters. The predicted molar refractivity (Wildman–Crippen MR) is 94.3 cm³/mol. The number of halogens is 4. The third-order valence-corrected chi connectivity index (χ3v) is 3.83. The molecule has 3 rings (SSSR count). The Balaban J connectivity index is 2.08. The minimum atomic E-state index is -4.39. The van der Waals surface area contributed by atoms with Gasteiger partial charge in [0, 0.05) is 16.1 Å². The Hall–Kier alpha value is -2.70. The average molecular weight is 357 g/mol. The molecule has 0 aliphatic carbocycles. The quantitative estimate of drug-likeness (QED) is 0.441. The molecule has 0 nitrogen and oxygen atoms in total. The Labute approximate surface area is 148 Å². The van der Waals surface area contributed by atoms with Gasteiger partial charge in [0.25, 0.3) is 0 Å². The van der Waals surface area contributed by atoms with Gasteiger partial charge in [0.2, 0.25) is 0 Å². The molecule has 0 aliphatic heterocycles. The van der Waals surface area contributed by atoms with Crippen LogP contribution in [0.3, 0.4) is 0 Å². The van der Waals surface area contributed by atoms with Crippen molar-refractivity contribution >= 4 is 11.6 Å². The minimum absolute atomic E-state index is 0.448. The van der Waals surface area contributed by atoms with E-state index in [2.05, 4.69) is 11.8 Å². The fourth-order valence-electron chi connectivity index (χ4n) is 2.40. The maximum Gasteiger partial charge on any atom is 0.416 e. The Bertz CT molecular complexity index is 948. The van der Waals surface area contributed by atoms with E-state index in [0.717, 1.165) is 17.7 Å². The summed E-state index contributed by atoms with van der Waals surface area (Å²) in [5.41, 5.74) is 1.76. The zero-order valence-corrected chi connectivity index (χ0v) is 13.7. The molecule has 0 saturated heterocycles. The Kier molecular flexibility index (Phi) is 4.83. The summed E-state index contributed by atoms with van der Waals surface area (Å²) >= 11 is 6.04. The van der Waals surface area contributed by atoms with E-state index in [1.165, 1.54) is 6.07 Å². The molecule has 4 heteroatoms. The maximum absolute atomic E-state index is 13.0. The normalized spacial score (nSPS) is 10.9. The van der Waals surface area contributed by atoms with E-state index in [4.69, 9.17) is 11.6 Å². The molecule has 0 aromatic heterocycles. The molecule has 0 amide bonds. The highest BCUT2D eigenvalue weighted by molar-refractivity contribution is 6.30. The molecule has 3 aromatic carbocycles. The second-order valence-electron chi connectivity index (χ2n) is 5.38. The van der Waals surface area contributed by atoms with Gasteiger partial charge < -0.3 is 0 Å². The summed E-state index contributed by atoms with van der Waals surface area (Å²) in [7, 11) is 0. The lowest BCUT2D eigenvalue weighted by atomic mass is 9.98. The molecular formula is C21H12ClF3. The average Bonchev–Trinajstić information content (AvgIpc) is 2.60. The molecule has 0 N–H and O–H groups in total. The first-order chi connectivity index (χ1) is 11.9. The van der Waals surface area contributed by atoms with E-state index >= 15 is 0 Å². The lowest BCUT2D eigenvalue weighted by Crippen LogP contribution is -2.04.